The fourth-order valence-corrected chi connectivity index (χ4v) is 3.63. The molecule has 0 bridgehead atoms. The SMILES string of the molecule is O=C(O)/C=C/C(CNC(=O)c1ccc2c(c1)B(O)OC2)NC(=O)c1ccc2c(c1)B(O)OC2. The van der Waals surface area contributed by atoms with Crippen molar-refractivity contribution in [1.82, 2.24) is 10.6 Å². The lowest BCUT2D eigenvalue weighted by atomic mass is 9.78. The predicted octanol–water partition coefficient (Wildman–Crippen LogP) is -1.71. The van der Waals surface area contributed by atoms with E-state index in [1.54, 1.807) is 24.3 Å². The van der Waals surface area contributed by atoms with Crippen LogP contribution in [0.25, 0.3) is 0 Å². The summed E-state index contributed by atoms with van der Waals surface area (Å²) in [6, 6.07) is 8.75. The van der Waals surface area contributed by atoms with Gasteiger partial charge in [-0.1, -0.05) is 18.2 Å². The number of carbonyl (C=O) groups excluding carboxylic acids is 2. The molecular formula is C21H20B2N2O8. The van der Waals surface area contributed by atoms with Gasteiger partial charge < -0.3 is 35.1 Å². The van der Waals surface area contributed by atoms with Crippen LogP contribution in [-0.2, 0) is 27.3 Å². The molecule has 0 saturated heterocycles. The van der Waals surface area contributed by atoms with Crippen LogP contribution in [0, 0.1) is 0 Å². The van der Waals surface area contributed by atoms with E-state index >= 15 is 0 Å². The molecule has 5 N–H and O–H groups in total. The number of amides is 2. The minimum atomic E-state index is -1.20. The second kappa shape index (κ2) is 9.59. The van der Waals surface area contributed by atoms with Gasteiger partial charge in [0.1, 0.15) is 0 Å². The van der Waals surface area contributed by atoms with Gasteiger partial charge in [-0.25, -0.2) is 4.79 Å². The first-order valence-corrected chi connectivity index (χ1v) is 10.2. The van der Waals surface area contributed by atoms with Crippen molar-refractivity contribution in [2.45, 2.75) is 19.3 Å². The highest BCUT2D eigenvalue weighted by Crippen LogP contribution is 2.13. The van der Waals surface area contributed by atoms with E-state index in [-0.39, 0.29) is 25.3 Å². The van der Waals surface area contributed by atoms with Crippen molar-refractivity contribution >= 4 is 42.9 Å². The molecule has 0 radical (unpaired) electrons. The largest absolute Gasteiger partial charge is 0.491 e. The molecule has 4 rings (SSSR count). The van der Waals surface area contributed by atoms with Crippen molar-refractivity contribution in [3.8, 4) is 0 Å². The summed E-state index contributed by atoms with van der Waals surface area (Å²) in [6.07, 6.45) is 2.13. The van der Waals surface area contributed by atoms with Gasteiger partial charge in [0.25, 0.3) is 11.8 Å². The third-order valence-corrected chi connectivity index (χ3v) is 5.41. The van der Waals surface area contributed by atoms with Crippen LogP contribution in [0.2, 0.25) is 0 Å². The summed E-state index contributed by atoms with van der Waals surface area (Å²) in [7, 11) is -2.19. The Labute approximate surface area is 189 Å². The van der Waals surface area contributed by atoms with Crippen LogP contribution < -0.4 is 21.6 Å². The molecule has 2 aromatic rings. The smallest absolute Gasteiger partial charge is 0.478 e. The molecule has 2 amide bonds. The number of carboxylic acids is 1. The second-order valence-electron chi connectivity index (χ2n) is 7.64. The summed E-state index contributed by atoms with van der Waals surface area (Å²) in [5, 5.41) is 33.9. The number of fused-ring (bicyclic) bond motifs is 2. The van der Waals surface area contributed by atoms with Crippen LogP contribution in [-0.4, -0.2) is 59.8 Å². The number of carboxylic acid groups (broad SMARTS) is 1. The summed E-state index contributed by atoms with van der Waals surface area (Å²) >= 11 is 0. The Morgan fingerprint density at radius 1 is 0.939 bits per heavy atom. The first-order chi connectivity index (χ1) is 15.8. The number of benzene rings is 2. The van der Waals surface area contributed by atoms with E-state index < -0.39 is 38.1 Å². The molecule has 0 aromatic heterocycles. The molecule has 1 atom stereocenters. The molecule has 1 unspecified atom stereocenters. The third-order valence-electron chi connectivity index (χ3n) is 5.41. The lowest BCUT2D eigenvalue weighted by molar-refractivity contribution is -0.131. The van der Waals surface area contributed by atoms with Gasteiger partial charge in [-0.2, -0.15) is 0 Å². The summed E-state index contributed by atoms with van der Waals surface area (Å²) in [6.45, 7) is 0.430. The molecule has 10 nitrogen and oxygen atoms in total. The average molecular weight is 450 g/mol. The fraction of sp³-hybridized carbons (Fsp3) is 0.190. The van der Waals surface area contributed by atoms with Gasteiger partial charge in [0, 0.05) is 23.7 Å². The molecule has 0 saturated carbocycles. The van der Waals surface area contributed by atoms with Crippen LogP contribution in [0.4, 0.5) is 0 Å². The number of hydrogen-bond acceptors (Lipinski definition) is 7. The average Bonchev–Trinajstić information content (AvgIpc) is 3.37. The van der Waals surface area contributed by atoms with Gasteiger partial charge in [-0.15, -0.1) is 0 Å². The van der Waals surface area contributed by atoms with Gasteiger partial charge in [-0.05, 0) is 46.3 Å². The molecule has 0 fully saturated rings. The van der Waals surface area contributed by atoms with E-state index in [1.165, 1.54) is 18.2 Å². The van der Waals surface area contributed by atoms with Gasteiger partial charge in [0.2, 0.25) is 0 Å². The number of rotatable bonds is 7. The zero-order chi connectivity index (χ0) is 23.5. The molecule has 2 aromatic carbocycles. The number of nitrogens with one attached hydrogen (secondary N) is 2. The third kappa shape index (κ3) is 5.15. The Morgan fingerprint density at radius 2 is 1.48 bits per heavy atom. The maximum absolute atomic E-state index is 12.7. The fourth-order valence-electron chi connectivity index (χ4n) is 3.63. The van der Waals surface area contributed by atoms with E-state index in [2.05, 4.69) is 10.6 Å². The van der Waals surface area contributed by atoms with E-state index in [0.29, 0.717) is 16.5 Å². The van der Waals surface area contributed by atoms with Crippen molar-refractivity contribution in [3.63, 3.8) is 0 Å². The minimum Gasteiger partial charge on any atom is -0.478 e. The summed E-state index contributed by atoms with van der Waals surface area (Å²) in [5.74, 6) is -2.17. The lowest BCUT2D eigenvalue weighted by Gasteiger charge is -2.17. The second-order valence-corrected chi connectivity index (χ2v) is 7.64. The summed E-state index contributed by atoms with van der Waals surface area (Å²) in [4.78, 5) is 36.3. The minimum absolute atomic E-state index is 0.0822. The Bertz CT molecular complexity index is 1140. The van der Waals surface area contributed by atoms with Crippen LogP contribution in [0.1, 0.15) is 31.8 Å². The molecule has 2 aliphatic rings. The number of hydrogen-bond donors (Lipinski definition) is 5. The summed E-state index contributed by atoms with van der Waals surface area (Å²) < 4.78 is 10.2. The highest BCUT2D eigenvalue weighted by Gasteiger charge is 2.29. The van der Waals surface area contributed by atoms with E-state index in [1.807, 2.05) is 0 Å². The molecular weight excluding hydrogens is 430 g/mol. The zero-order valence-corrected chi connectivity index (χ0v) is 17.4. The molecule has 12 heteroatoms. The van der Waals surface area contributed by atoms with Crippen molar-refractivity contribution in [3.05, 3.63) is 70.8 Å². The highest BCUT2D eigenvalue weighted by atomic mass is 16.5. The Morgan fingerprint density at radius 3 is 2.03 bits per heavy atom. The Kier molecular flexibility index (Phi) is 6.61. The monoisotopic (exact) mass is 450 g/mol. The van der Waals surface area contributed by atoms with E-state index in [0.717, 1.165) is 17.2 Å². The quantitative estimate of drug-likeness (QED) is 0.247. The van der Waals surface area contributed by atoms with Crippen LogP contribution >= 0.6 is 0 Å². The first kappa shape index (κ1) is 22.7. The van der Waals surface area contributed by atoms with Crippen LogP contribution in [0.15, 0.2) is 48.6 Å². The van der Waals surface area contributed by atoms with Crippen LogP contribution in [0.3, 0.4) is 0 Å². The van der Waals surface area contributed by atoms with Gasteiger partial charge >= 0.3 is 20.2 Å². The maximum atomic E-state index is 12.7. The van der Waals surface area contributed by atoms with Crippen LogP contribution in [0.5, 0.6) is 0 Å². The summed E-state index contributed by atoms with van der Waals surface area (Å²) in [5.41, 5.74) is 3.12. The highest BCUT2D eigenvalue weighted by molar-refractivity contribution is 6.62. The predicted molar refractivity (Wildman–Crippen MR) is 118 cm³/mol. The Balaban J connectivity index is 1.44. The van der Waals surface area contributed by atoms with Gasteiger partial charge in [0.15, 0.2) is 0 Å². The molecule has 0 aliphatic carbocycles. The standard InChI is InChI=1S/C21H20B2N2O8/c26-19(27)6-5-16(25-21(29)13-2-4-15-11-33-23(31)18(15)8-13)9-24-20(28)12-1-3-14-10-32-22(30)17(14)7-12/h1-8,16,30-31H,9-11H2,(H,24,28)(H,25,29)(H,26,27)/b6-5+. The number of carbonyl (C=O) groups is 3. The Hall–Kier alpha value is -3.44. The first-order valence-electron chi connectivity index (χ1n) is 10.2. The number of aliphatic carboxylic acids is 1. The normalized spacial score (nSPS) is 15.3. The van der Waals surface area contributed by atoms with E-state index in [4.69, 9.17) is 14.4 Å². The van der Waals surface area contributed by atoms with Gasteiger partial charge in [0.05, 0.1) is 19.3 Å². The van der Waals surface area contributed by atoms with Gasteiger partial charge in [-0.3, -0.25) is 9.59 Å². The lowest BCUT2D eigenvalue weighted by Crippen LogP contribution is -2.43. The molecule has 0 spiro atoms. The molecule has 168 valence electrons. The van der Waals surface area contributed by atoms with Crippen molar-refractivity contribution in [2.24, 2.45) is 0 Å². The topological polar surface area (TPSA) is 154 Å². The molecule has 2 heterocycles. The maximum Gasteiger partial charge on any atom is 0.491 e. The van der Waals surface area contributed by atoms with E-state index in [9.17, 15) is 24.4 Å². The van der Waals surface area contributed by atoms with Crippen molar-refractivity contribution in [2.75, 3.05) is 6.54 Å². The van der Waals surface area contributed by atoms with Crippen molar-refractivity contribution in [1.29, 1.82) is 0 Å². The van der Waals surface area contributed by atoms with Crippen molar-refractivity contribution < 1.29 is 38.8 Å². The zero-order valence-electron chi connectivity index (χ0n) is 17.4. The molecule has 33 heavy (non-hydrogen) atoms. The molecule has 2 aliphatic heterocycles.